The van der Waals surface area contributed by atoms with Gasteiger partial charge in [0.05, 0.1) is 11.4 Å². The number of nitrogens with zero attached hydrogens (tertiary/aromatic N) is 2. The molecule has 4 nitrogen and oxygen atoms in total. The molecule has 3 rings (SSSR count). The summed E-state index contributed by atoms with van der Waals surface area (Å²) in [6.07, 6.45) is 3.31. The second-order valence-electron chi connectivity index (χ2n) is 4.69. The van der Waals surface area contributed by atoms with Gasteiger partial charge in [-0.1, -0.05) is 11.6 Å². The number of fused-ring (bicyclic) bond motifs is 1. The highest BCUT2D eigenvalue weighted by molar-refractivity contribution is 5.78. The summed E-state index contributed by atoms with van der Waals surface area (Å²) in [5.74, 6) is 0.712. The van der Waals surface area contributed by atoms with Crippen LogP contribution in [0.4, 0.5) is 0 Å². The molecular formula is C15H15N3O. The van der Waals surface area contributed by atoms with Gasteiger partial charge in [0.25, 0.3) is 0 Å². The first-order chi connectivity index (χ1) is 9.15. The van der Waals surface area contributed by atoms with Crippen molar-refractivity contribution in [2.45, 2.75) is 19.9 Å². The Morgan fingerprint density at radius 2 is 1.89 bits per heavy atom. The van der Waals surface area contributed by atoms with Crippen molar-refractivity contribution in [2.75, 3.05) is 0 Å². The molecular weight excluding hydrogens is 238 g/mol. The van der Waals surface area contributed by atoms with Gasteiger partial charge in [-0.25, -0.2) is 0 Å². The Kier molecular flexibility index (Phi) is 2.80. The van der Waals surface area contributed by atoms with Crippen molar-refractivity contribution >= 4 is 11.0 Å². The summed E-state index contributed by atoms with van der Waals surface area (Å²) in [6.45, 7) is 3.95. The van der Waals surface area contributed by atoms with Crippen molar-refractivity contribution in [1.82, 2.24) is 9.97 Å². The van der Waals surface area contributed by atoms with Crippen molar-refractivity contribution in [2.24, 2.45) is 5.73 Å². The van der Waals surface area contributed by atoms with Crippen LogP contribution in [0.3, 0.4) is 0 Å². The molecule has 2 N–H and O–H groups in total. The molecule has 0 saturated carbocycles. The Bertz CT molecular complexity index is 733. The first-order valence-electron chi connectivity index (χ1n) is 6.18. The molecule has 0 saturated heterocycles. The Labute approximate surface area is 111 Å². The van der Waals surface area contributed by atoms with E-state index < -0.39 is 0 Å². The van der Waals surface area contributed by atoms with Gasteiger partial charge >= 0.3 is 0 Å². The zero-order chi connectivity index (χ0) is 13.4. The molecule has 96 valence electrons. The Hall–Kier alpha value is -2.20. The lowest BCUT2D eigenvalue weighted by Crippen LogP contribution is -2.14. The number of benzene rings is 1. The van der Waals surface area contributed by atoms with Crippen LogP contribution in [0.1, 0.15) is 28.8 Å². The van der Waals surface area contributed by atoms with Crippen LogP contribution in [0.5, 0.6) is 0 Å². The third-order valence-electron chi connectivity index (χ3n) is 3.21. The quantitative estimate of drug-likeness (QED) is 0.762. The van der Waals surface area contributed by atoms with E-state index >= 15 is 0 Å². The average molecular weight is 253 g/mol. The number of nitrogens with two attached hydrogens (primary N) is 1. The highest BCUT2D eigenvalue weighted by Crippen LogP contribution is 2.27. The van der Waals surface area contributed by atoms with Crippen LogP contribution < -0.4 is 5.73 Å². The van der Waals surface area contributed by atoms with Crippen LogP contribution in [0, 0.1) is 13.8 Å². The maximum Gasteiger partial charge on any atom is 0.134 e. The molecule has 0 aliphatic carbocycles. The molecule has 0 aliphatic heterocycles. The Balaban J connectivity index is 2.07. The molecule has 1 unspecified atom stereocenters. The van der Waals surface area contributed by atoms with Crippen LogP contribution >= 0.6 is 0 Å². The smallest absolute Gasteiger partial charge is 0.134 e. The second-order valence-corrected chi connectivity index (χ2v) is 4.69. The molecule has 1 aromatic carbocycles. The summed E-state index contributed by atoms with van der Waals surface area (Å²) in [4.78, 5) is 8.50. The summed E-state index contributed by atoms with van der Waals surface area (Å²) in [7, 11) is 0. The fourth-order valence-electron chi connectivity index (χ4n) is 2.19. The molecule has 4 heteroatoms. The molecule has 0 radical (unpaired) electrons. The zero-order valence-electron chi connectivity index (χ0n) is 10.9. The molecule has 0 bridgehead atoms. The van der Waals surface area contributed by atoms with Crippen LogP contribution in [0.2, 0.25) is 0 Å². The predicted octanol–water partition coefficient (Wildman–Crippen LogP) is 2.89. The summed E-state index contributed by atoms with van der Waals surface area (Å²) in [5, 5.41) is 1.06. The van der Waals surface area contributed by atoms with Crippen molar-refractivity contribution < 1.29 is 4.42 Å². The highest BCUT2D eigenvalue weighted by atomic mass is 16.3. The summed E-state index contributed by atoms with van der Waals surface area (Å²) < 4.78 is 5.80. The molecule has 0 aliphatic rings. The highest BCUT2D eigenvalue weighted by Gasteiger charge is 2.17. The maximum atomic E-state index is 6.22. The van der Waals surface area contributed by atoms with Crippen molar-refractivity contribution in [3.05, 3.63) is 59.4 Å². The molecule has 2 aromatic heterocycles. The number of hydrogen-bond acceptors (Lipinski definition) is 4. The lowest BCUT2D eigenvalue weighted by atomic mass is 10.1. The number of hydrogen-bond donors (Lipinski definition) is 1. The van der Waals surface area contributed by atoms with E-state index in [1.165, 1.54) is 5.56 Å². The van der Waals surface area contributed by atoms with Gasteiger partial charge in [-0.15, -0.1) is 0 Å². The molecule has 3 aromatic rings. The zero-order valence-corrected chi connectivity index (χ0v) is 10.9. The van der Waals surface area contributed by atoms with E-state index in [1.54, 1.807) is 12.4 Å². The second kappa shape index (κ2) is 4.48. The number of aryl methyl sites for hydroxylation is 2. The third-order valence-corrected chi connectivity index (χ3v) is 3.21. The lowest BCUT2D eigenvalue weighted by molar-refractivity contribution is 0.518. The van der Waals surface area contributed by atoms with Gasteiger partial charge in [-0.3, -0.25) is 9.97 Å². The van der Waals surface area contributed by atoms with E-state index in [1.807, 2.05) is 25.1 Å². The van der Waals surface area contributed by atoms with Crippen LogP contribution in [0.15, 0.2) is 41.1 Å². The monoisotopic (exact) mass is 253 g/mol. The molecule has 0 spiro atoms. The van der Waals surface area contributed by atoms with Crippen LogP contribution in [0.25, 0.3) is 11.0 Å². The van der Waals surface area contributed by atoms with Gasteiger partial charge in [0.2, 0.25) is 0 Å². The Morgan fingerprint density at radius 1 is 1.11 bits per heavy atom. The molecule has 1 atom stereocenters. The largest absolute Gasteiger partial charge is 0.459 e. The van der Waals surface area contributed by atoms with Crippen molar-refractivity contribution in [3.8, 4) is 0 Å². The van der Waals surface area contributed by atoms with Gasteiger partial charge < -0.3 is 10.2 Å². The summed E-state index contributed by atoms with van der Waals surface area (Å²) in [6, 6.07) is 7.65. The standard InChI is InChI=1S/C15H15N3O/c1-9-3-4-12-11(7-9)8-13(19-12)14(16)15-10(2)17-5-6-18-15/h3-8,14H,16H2,1-2H3. The van der Waals surface area contributed by atoms with E-state index in [-0.39, 0.29) is 6.04 Å². The number of aromatic nitrogens is 2. The van der Waals surface area contributed by atoms with Crippen LogP contribution in [-0.2, 0) is 0 Å². The molecule has 2 heterocycles. The summed E-state index contributed by atoms with van der Waals surface area (Å²) in [5.41, 5.74) is 9.84. The van der Waals surface area contributed by atoms with Crippen LogP contribution in [-0.4, -0.2) is 9.97 Å². The average Bonchev–Trinajstić information content (AvgIpc) is 2.81. The maximum absolute atomic E-state index is 6.22. The first-order valence-corrected chi connectivity index (χ1v) is 6.18. The normalized spacial score (nSPS) is 12.8. The van der Waals surface area contributed by atoms with E-state index in [0.717, 1.165) is 22.4 Å². The van der Waals surface area contributed by atoms with Gasteiger partial charge in [-0.05, 0) is 32.0 Å². The van der Waals surface area contributed by atoms with Gasteiger partial charge in [0.1, 0.15) is 17.4 Å². The van der Waals surface area contributed by atoms with E-state index in [2.05, 4.69) is 23.0 Å². The van der Waals surface area contributed by atoms with E-state index in [4.69, 9.17) is 10.2 Å². The van der Waals surface area contributed by atoms with Gasteiger partial charge in [0.15, 0.2) is 0 Å². The first kappa shape index (κ1) is 11.9. The Morgan fingerprint density at radius 3 is 2.68 bits per heavy atom. The number of furan rings is 1. The van der Waals surface area contributed by atoms with Crippen molar-refractivity contribution in [3.63, 3.8) is 0 Å². The van der Waals surface area contributed by atoms with Gasteiger partial charge in [-0.2, -0.15) is 0 Å². The fraction of sp³-hybridized carbons (Fsp3) is 0.200. The topological polar surface area (TPSA) is 64.9 Å². The minimum atomic E-state index is -0.388. The lowest BCUT2D eigenvalue weighted by Gasteiger charge is -2.09. The molecule has 0 fully saturated rings. The SMILES string of the molecule is Cc1ccc2oc(C(N)c3nccnc3C)cc2c1. The van der Waals surface area contributed by atoms with Crippen molar-refractivity contribution in [1.29, 1.82) is 0 Å². The third kappa shape index (κ3) is 2.11. The number of rotatable bonds is 2. The van der Waals surface area contributed by atoms with E-state index in [9.17, 15) is 0 Å². The summed E-state index contributed by atoms with van der Waals surface area (Å²) >= 11 is 0. The fourth-order valence-corrected chi connectivity index (χ4v) is 2.19. The van der Waals surface area contributed by atoms with E-state index in [0.29, 0.717) is 5.76 Å². The molecule has 19 heavy (non-hydrogen) atoms. The minimum absolute atomic E-state index is 0.388. The predicted molar refractivity (Wildman–Crippen MR) is 73.8 cm³/mol. The minimum Gasteiger partial charge on any atom is -0.459 e. The molecule has 0 amide bonds. The van der Waals surface area contributed by atoms with Gasteiger partial charge in [0, 0.05) is 17.8 Å².